The number of hydrogen-bond donors (Lipinski definition) is 1. The summed E-state index contributed by atoms with van der Waals surface area (Å²) in [5.74, 6) is 1.57. The van der Waals surface area contributed by atoms with Crippen molar-refractivity contribution in [2.45, 2.75) is 59.4 Å². The van der Waals surface area contributed by atoms with Crippen LogP contribution < -0.4 is 10.6 Å². The SMILES string of the molecule is CCC1(C)CCN(c2cc(CN)cc(C(C)C)n2)CC1. The van der Waals surface area contributed by atoms with Crippen molar-refractivity contribution in [3.05, 3.63) is 23.4 Å². The molecule has 112 valence electrons. The molecule has 3 nitrogen and oxygen atoms in total. The molecule has 0 atom stereocenters. The molecule has 3 heteroatoms. The van der Waals surface area contributed by atoms with Crippen LogP contribution in [0.4, 0.5) is 5.82 Å². The van der Waals surface area contributed by atoms with Gasteiger partial charge in [-0.1, -0.05) is 34.1 Å². The molecular weight excluding hydrogens is 246 g/mol. The molecule has 2 heterocycles. The average molecular weight is 275 g/mol. The van der Waals surface area contributed by atoms with Crippen molar-refractivity contribution in [1.29, 1.82) is 0 Å². The minimum absolute atomic E-state index is 0.450. The molecule has 0 amide bonds. The topological polar surface area (TPSA) is 42.1 Å². The van der Waals surface area contributed by atoms with Gasteiger partial charge in [0.25, 0.3) is 0 Å². The first-order valence-electron chi connectivity index (χ1n) is 7.93. The van der Waals surface area contributed by atoms with Gasteiger partial charge in [0.1, 0.15) is 5.82 Å². The lowest BCUT2D eigenvalue weighted by Crippen LogP contribution is -2.39. The second-order valence-corrected chi connectivity index (χ2v) is 6.77. The lowest BCUT2D eigenvalue weighted by molar-refractivity contribution is 0.237. The first kappa shape index (κ1) is 15.3. The van der Waals surface area contributed by atoms with Crippen LogP contribution >= 0.6 is 0 Å². The summed E-state index contributed by atoms with van der Waals surface area (Å²) in [6, 6.07) is 4.31. The normalized spacial score (nSPS) is 18.6. The summed E-state index contributed by atoms with van der Waals surface area (Å²) in [6.07, 6.45) is 3.79. The maximum atomic E-state index is 5.84. The Balaban J connectivity index is 2.19. The van der Waals surface area contributed by atoms with Gasteiger partial charge in [0, 0.05) is 25.3 Å². The van der Waals surface area contributed by atoms with E-state index in [2.05, 4.69) is 44.7 Å². The van der Waals surface area contributed by atoms with E-state index in [1.165, 1.54) is 24.8 Å². The fraction of sp³-hybridized carbons (Fsp3) is 0.706. The quantitative estimate of drug-likeness (QED) is 0.911. The molecule has 1 aromatic rings. The molecule has 1 aliphatic rings. The van der Waals surface area contributed by atoms with Crippen molar-refractivity contribution in [1.82, 2.24) is 4.98 Å². The highest BCUT2D eigenvalue weighted by Crippen LogP contribution is 2.35. The van der Waals surface area contributed by atoms with E-state index in [1.54, 1.807) is 0 Å². The lowest BCUT2D eigenvalue weighted by atomic mass is 9.78. The van der Waals surface area contributed by atoms with Crippen LogP contribution in [0.25, 0.3) is 0 Å². The van der Waals surface area contributed by atoms with Gasteiger partial charge in [-0.05, 0) is 41.9 Å². The van der Waals surface area contributed by atoms with E-state index >= 15 is 0 Å². The van der Waals surface area contributed by atoms with E-state index in [1.807, 2.05) is 0 Å². The standard InChI is InChI=1S/C17H29N3/c1-5-17(4)6-8-20(9-7-17)16-11-14(12-18)10-15(19-16)13(2)3/h10-11,13H,5-9,12,18H2,1-4H3. The first-order valence-corrected chi connectivity index (χ1v) is 7.93. The molecular formula is C17H29N3. The van der Waals surface area contributed by atoms with Gasteiger partial charge >= 0.3 is 0 Å². The maximum Gasteiger partial charge on any atom is 0.129 e. The average Bonchev–Trinajstić information content (AvgIpc) is 2.47. The van der Waals surface area contributed by atoms with Gasteiger partial charge in [0.05, 0.1) is 0 Å². The van der Waals surface area contributed by atoms with Crippen LogP contribution in [0.1, 0.15) is 64.1 Å². The first-order chi connectivity index (χ1) is 9.47. The van der Waals surface area contributed by atoms with Crippen molar-refractivity contribution in [3.8, 4) is 0 Å². The summed E-state index contributed by atoms with van der Waals surface area (Å²) >= 11 is 0. The summed E-state index contributed by atoms with van der Waals surface area (Å²) in [6.45, 7) is 11.9. The maximum absolute atomic E-state index is 5.84. The summed E-state index contributed by atoms with van der Waals surface area (Å²) in [4.78, 5) is 7.28. The number of aromatic nitrogens is 1. The minimum atomic E-state index is 0.450. The van der Waals surface area contributed by atoms with Crippen LogP contribution in [0.15, 0.2) is 12.1 Å². The molecule has 0 unspecified atom stereocenters. The second-order valence-electron chi connectivity index (χ2n) is 6.77. The number of nitrogens with zero attached hydrogens (tertiary/aromatic N) is 2. The van der Waals surface area contributed by atoms with Crippen LogP contribution in [-0.4, -0.2) is 18.1 Å². The van der Waals surface area contributed by atoms with Gasteiger partial charge in [0.15, 0.2) is 0 Å². The van der Waals surface area contributed by atoms with Crippen LogP contribution in [0, 0.1) is 5.41 Å². The Kier molecular flexibility index (Phi) is 4.69. The molecule has 0 aliphatic carbocycles. The summed E-state index contributed by atoms with van der Waals surface area (Å²) in [5, 5.41) is 0. The molecule has 2 rings (SSSR count). The Hall–Kier alpha value is -1.09. The van der Waals surface area contributed by atoms with Gasteiger partial charge in [0.2, 0.25) is 0 Å². The van der Waals surface area contributed by atoms with E-state index in [9.17, 15) is 0 Å². The highest BCUT2D eigenvalue weighted by molar-refractivity contribution is 5.44. The molecule has 1 aromatic heterocycles. The van der Waals surface area contributed by atoms with Crippen molar-refractivity contribution >= 4 is 5.82 Å². The highest BCUT2D eigenvalue weighted by Gasteiger charge is 2.28. The van der Waals surface area contributed by atoms with Gasteiger partial charge in [-0.15, -0.1) is 0 Å². The number of anilines is 1. The van der Waals surface area contributed by atoms with E-state index < -0.39 is 0 Å². The third kappa shape index (κ3) is 3.32. The number of piperidine rings is 1. The Morgan fingerprint density at radius 1 is 1.30 bits per heavy atom. The fourth-order valence-electron chi connectivity index (χ4n) is 2.80. The molecule has 1 saturated heterocycles. The summed E-state index contributed by atoms with van der Waals surface area (Å²) in [7, 11) is 0. The molecule has 1 fully saturated rings. The molecule has 0 saturated carbocycles. The zero-order chi connectivity index (χ0) is 14.8. The molecule has 2 N–H and O–H groups in total. The van der Waals surface area contributed by atoms with Crippen LogP contribution in [0.3, 0.4) is 0 Å². The van der Waals surface area contributed by atoms with Gasteiger partial charge in [-0.25, -0.2) is 4.98 Å². The van der Waals surface area contributed by atoms with Gasteiger partial charge in [-0.2, -0.15) is 0 Å². The molecule has 1 aliphatic heterocycles. The van der Waals surface area contributed by atoms with E-state index in [-0.39, 0.29) is 0 Å². The van der Waals surface area contributed by atoms with E-state index in [0.717, 1.165) is 24.6 Å². The zero-order valence-corrected chi connectivity index (χ0v) is 13.4. The van der Waals surface area contributed by atoms with Gasteiger partial charge in [-0.3, -0.25) is 0 Å². The molecule has 0 spiro atoms. The molecule has 0 radical (unpaired) electrons. The third-order valence-electron chi connectivity index (χ3n) is 4.87. The largest absolute Gasteiger partial charge is 0.357 e. The molecule has 0 aromatic carbocycles. The van der Waals surface area contributed by atoms with Gasteiger partial charge < -0.3 is 10.6 Å². The summed E-state index contributed by atoms with van der Waals surface area (Å²) in [5.41, 5.74) is 8.71. The van der Waals surface area contributed by atoms with Crippen molar-refractivity contribution in [2.75, 3.05) is 18.0 Å². The predicted octanol–water partition coefficient (Wildman–Crippen LogP) is 3.68. The minimum Gasteiger partial charge on any atom is -0.357 e. The molecule has 20 heavy (non-hydrogen) atoms. The Morgan fingerprint density at radius 3 is 2.45 bits per heavy atom. The highest BCUT2D eigenvalue weighted by atomic mass is 15.2. The van der Waals surface area contributed by atoms with Crippen LogP contribution in [-0.2, 0) is 6.54 Å². The van der Waals surface area contributed by atoms with Crippen molar-refractivity contribution < 1.29 is 0 Å². The monoisotopic (exact) mass is 275 g/mol. The van der Waals surface area contributed by atoms with E-state index in [0.29, 0.717) is 17.9 Å². The Labute approximate surface area is 123 Å². The number of hydrogen-bond acceptors (Lipinski definition) is 3. The number of pyridine rings is 1. The van der Waals surface area contributed by atoms with Crippen LogP contribution in [0.2, 0.25) is 0 Å². The van der Waals surface area contributed by atoms with Crippen molar-refractivity contribution in [2.24, 2.45) is 11.1 Å². The fourth-order valence-corrected chi connectivity index (χ4v) is 2.80. The molecule has 0 bridgehead atoms. The smallest absolute Gasteiger partial charge is 0.129 e. The van der Waals surface area contributed by atoms with Crippen LogP contribution in [0.5, 0.6) is 0 Å². The third-order valence-corrected chi connectivity index (χ3v) is 4.87. The number of rotatable bonds is 4. The summed E-state index contributed by atoms with van der Waals surface area (Å²) < 4.78 is 0. The Bertz CT molecular complexity index is 446. The van der Waals surface area contributed by atoms with Crippen molar-refractivity contribution in [3.63, 3.8) is 0 Å². The second kappa shape index (κ2) is 6.13. The number of nitrogens with two attached hydrogens (primary N) is 1. The lowest BCUT2D eigenvalue weighted by Gasteiger charge is -2.39. The van der Waals surface area contributed by atoms with E-state index in [4.69, 9.17) is 10.7 Å². The predicted molar refractivity (Wildman–Crippen MR) is 86.1 cm³/mol. The Morgan fingerprint density at radius 2 is 1.95 bits per heavy atom. The zero-order valence-electron chi connectivity index (χ0n) is 13.4.